The Morgan fingerprint density at radius 1 is 1.56 bits per heavy atom. The highest BCUT2D eigenvalue weighted by Gasteiger charge is 2.32. The van der Waals surface area contributed by atoms with Crippen LogP contribution in [0.5, 0.6) is 0 Å². The first-order valence-electron chi connectivity index (χ1n) is 5.56. The molecule has 6 heteroatoms. The second kappa shape index (κ2) is 4.16. The highest BCUT2D eigenvalue weighted by Crippen LogP contribution is 2.27. The van der Waals surface area contributed by atoms with Crippen LogP contribution in [0.25, 0.3) is 0 Å². The summed E-state index contributed by atoms with van der Waals surface area (Å²) in [5.74, 6) is 1.88. The molecule has 1 aromatic rings. The van der Waals surface area contributed by atoms with Crippen LogP contribution in [0.3, 0.4) is 0 Å². The lowest BCUT2D eigenvalue weighted by Crippen LogP contribution is -2.13. The monoisotopic (exact) mass is 243 g/mol. The van der Waals surface area contributed by atoms with E-state index < -0.39 is 9.84 Å². The van der Waals surface area contributed by atoms with Gasteiger partial charge in [-0.05, 0) is 12.3 Å². The second-order valence-corrected chi connectivity index (χ2v) is 7.06. The van der Waals surface area contributed by atoms with Crippen molar-refractivity contribution in [2.24, 2.45) is 5.92 Å². The fraction of sp³-hybridized carbons (Fsp3) is 0.800. The van der Waals surface area contributed by atoms with Crippen LogP contribution >= 0.6 is 0 Å². The third-order valence-corrected chi connectivity index (χ3v) is 4.57. The normalized spacial score (nSPS) is 24.1. The molecule has 2 heterocycles. The summed E-state index contributed by atoms with van der Waals surface area (Å²) >= 11 is 0. The quantitative estimate of drug-likeness (QED) is 0.789. The van der Waals surface area contributed by atoms with E-state index in [0.29, 0.717) is 12.3 Å². The molecule has 5 nitrogen and oxygen atoms in total. The molecule has 2 rings (SSSR count). The van der Waals surface area contributed by atoms with Crippen LogP contribution in [-0.2, 0) is 16.4 Å². The molecule has 1 aliphatic rings. The van der Waals surface area contributed by atoms with Crippen molar-refractivity contribution >= 4 is 9.84 Å². The van der Waals surface area contributed by atoms with E-state index in [1.54, 1.807) is 6.33 Å². The van der Waals surface area contributed by atoms with Crippen molar-refractivity contribution in [2.45, 2.75) is 32.7 Å². The summed E-state index contributed by atoms with van der Waals surface area (Å²) in [7, 11) is -2.85. The highest BCUT2D eigenvalue weighted by molar-refractivity contribution is 7.91. The fourth-order valence-corrected chi connectivity index (χ4v) is 3.85. The van der Waals surface area contributed by atoms with E-state index in [1.165, 1.54) is 0 Å². The van der Waals surface area contributed by atoms with E-state index in [4.69, 9.17) is 0 Å². The van der Waals surface area contributed by atoms with Gasteiger partial charge in [-0.15, -0.1) is 10.2 Å². The molecule has 0 N–H and O–H groups in total. The number of aromatic nitrogens is 3. The third kappa shape index (κ3) is 2.42. The predicted octanol–water partition coefficient (Wildman–Crippen LogP) is 0.836. The Kier molecular flexibility index (Phi) is 3.01. The maximum Gasteiger partial charge on any atom is 0.151 e. The first-order valence-corrected chi connectivity index (χ1v) is 7.38. The molecule has 1 fully saturated rings. The Morgan fingerprint density at radius 3 is 2.88 bits per heavy atom. The lowest BCUT2D eigenvalue weighted by Gasteiger charge is -2.12. The predicted molar refractivity (Wildman–Crippen MR) is 60.9 cm³/mol. The minimum Gasteiger partial charge on any atom is -0.317 e. The molecule has 0 radical (unpaired) electrons. The molecule has 0 amide bonds. The van der Waals surface area contributed by atoms with Crippen LogP contribution in [0.1, 0.15) is 32.0 Å². The summed E-state index contributed by atoms with van der Waals surface area (Å²) in [6.07, 6.45) is 2.37. The zero-order valence-corrected chi connectivity index (χ0v) is 10.4. The number of hydrogen-bond acceptors (Lipinski definition) is 4. The van der Waals surface area contributed by atoms with Crippen LogP contribution in [0.15, 0.2) is 6.33 Å². The van der Waals surface area contributed by atoms with Gasteiger partial charge >= 0.3 is 0 Å². The number of nitrogens with zero attached hydrogens (tertiary/aromatic N) is 3. The summed E-state index contributed by atoms with van der Waals surface area (Å²) in [4.78, 5) is 0. The SMILES string of the molecule is CC(C)Cn1cnnc1C1CCS(=O)(=O)C1. The molecular weight excluding hydrogens is 226 g/mol. The van der Waals surface area contributed by atoms with E-state index >= 15 is 0 Å². The number of rotatable bonds is 3. The van der Waals surface area contributed by atoms with Gasteiger partial charge in [0.2, 0.25) is 0 Å². The van der Waals surface area contributed by atoms with Crippen molar-refractivity contribution in [2.75, 3.05) is 11.5 Å². The van der Waals surface area contributed by atoms with Crippen molar-refractivity contribution in [1.29, 1.82) is 0 Å². The molecule has 1 aliphatic heterocycles. The van der Waals surface area contributed by atoms with Gasteiger partial charge in [-0.2, -0.15) is 0 Å². The molecule has 0 aliphatic carbocycles. The topological polar surface area (TPSA) is 64.8 Å². The van der Waals surface area contributed by atoms with Crippen molar-refractivity contribution < 1.29 is 8.42 Å². The summed E-state index contributed by atoms with van der Waals surface area (Å²) < 4.78 is 24.8. The number of hydrogen-bond donors (Lipinski definition) is 0. The number of sulfone groups is 1. The zero-order valence-electron chi connectivity index (χ0n) is 9.63. The molecular formula is C10H17N3O2S. The van der Waals surface area contributed by atoms with Crippen molar-refractivity contribution in [1.82, 2.24) is 14.8 Å². The first-order chi connectivity index (χ1) is 7.48. The highest BCUT2D eigenvalue weighted by atomic mass is 32.2. The van der Waals surface area contributed by atoms with Crippen LogP contribution < -0.4 is 0 Å². The van der Waals surface area contributed by atoms with E-state index in [-0.39, 0.29) is 17.4 Å². The van der Waals surface area contributed by atoms with Crippen LogP contribution in [0, 0.1) is 5.92 Å². The summed E-state index contributed by atoms with van der Waals surface area (Å²) in [6.45, 7) is 5.09. The van der Waals surface area contributed by atoms with Gasteiger partial charge in [-0.25, -0.2) is 8.42 Å². The summed E-state index contributed by atoms with van der Waals surface area (Å²) in [5.41, 5.74) is 0. The van der Waals surface area contributed by atoms with Crippen LogP contribution in [0.4, 0.5) is 0 Å². The molecule has 90 valence electrons. The smallest absolute Gasteiger partial charge is 0.151 e. The van der Waals surface area contributed by atoms with E-state index in [0.717, 1.165) is 12.4 Å². The molecule has 16 heavy (non-hydrogen) atoms. The Labute approximate surface area is 95.8 Å². The Morgan fingerprint density at radius 2 is 2.31 bits per heavy atom. The van der Waals surface area contributed by atoms with Gasteiger partial charge in [0, 0.05) is 12.5 Å². The van der Waals surface area contributed by atoms with Gasteiger partial charge in [-0.3, -0.25) is 0 Å². The van der Waals surface area contributed by atoms with Gasteiger partial charge in [0.15, 0.2) is 9.84 Å². The summed E-state index contributed by atoms with van der Waals surface area (Å²) in [5, 5.41) is 7.95. The van der Waals surface area contributed by atoms with E-state index in [1.807, 2.05) is 4.57 Å². The van der Waals surface area contributed by atoms with Gasteiger partial charge in [0.25, 0.3) is 0 Å². The third-order valence-electron chi connectivity index (χ3n) is 2.80. The standard InChI is InChI=1S/C10H17N3O2S/c1-8(2)5-13-7-11-12-10(13)9-3-4-16(14,15)6-9/h7-9H,3-6H2,1-2H3. The molecule has 0 spiro atoms. The van der Waals surface area contributed by atoms with Crippen molar-refractivity contribution in [3.63, 3.8) is 0 Å². The Bertz CT molecular complexity index is 464. The molecule has 1 aromatic heterocycles. The lowest BCUT2D eigenvalue weighted by molar-refractivity contribution is 0.493. The first kappa shape index (κ1) is 11.6. The minimum atomic E-state index is -2.85. The summed E-state index contributed by atoms with van der Waals surface area (Å²) in [6, 6.07) is 0. The fourth-order valence-electron chi connectivity index (χ4n) is 2.11. The Hall–Kier alpha value is -0.910. The largest absolute Gasteiger partial charge is 0.317 e. The van der Waals surface area contributed by atoms with E-state index in [9.17, 15) is 8.42 Å². The lowest BCUT2D eigenvalue weighted by atomic mass is 10.1. The van der Waals surface area contributed by atoms with E-state index in [2.05, 4.69) is 24.0 Å². The maximum atomic E-state index is 11.4. The molecule has 1 unspecified atom stereocenters. The molecule has 0 saturated carbocycles. The van der Waals surface area contributed by atoms with Crippen LogP contribution in [0.2, 0.25) is 0 Å². The average Bonchev–Trinajstić information content (AvgIpc) is 2.71. The van der Waals surface area contributed by atoms with Gasteiger partial charge in [0.05, 0.1) is 11.5 Å². The maximum absolute atomic E-state index is 11.4. The molecule has 0 aromatic carbocycles. The van der Waals surface area contributed by atoms with Gasteiger partial charge < -0.3 is 4.57 Å². The van der Waals surface area contributed by atoms with Crippen molar-refractivity contribution in [3.05, 3.63) is 12.2 Å². The second-order valence-electron chi connectivity index (χ2n) is 4.84. The molecule has 1 atom stereocenters. The van der Waals surface area contributed by atoms with Gasteiger partial charge in [0.1, 0.15) is 12.2 Å². The molecule has 1 saturated heterocycles. The average molecular weight is 243 g/mol. The van der Waals surface area contributed by atoms with Gasteiger partial charge in [-0.1, -0.05) is 13.8 Å². The Balaban J connectivity index is 2.19. The minimum absolute atomic E-state index is 0.0336. The zero-order chi connectivity index (χ0) is 11.8. The van der Waals surface area contributed by atoms with Crippen LogP contribution in [-0.4, -0.2) is 34.7 Å². The van der Waals surface area contributed by atoms with Crippen molar-refractivity contribution in [3.8, 4) is 0 Å². The molecule has 0 bridgehead atoms.